The molecule has 3 heteroatoms. The first kappa shape index (κ1) is 9.44. The molecule has 0 bridgehead atoms. The van der Waals surface area contributed by atoms with E-state index < -0.39 is 0 Å². The van der Waals surface area contributed by atoms with Gasteiger partial charge in [-0.1, -0.05) is 0 Å². The molecule has 1 aliphatic carbocycles. The molecule has 0 amide bonds. The standard InChI is InChI=1S/C10H19NO2/c12-7-10(11-9-1-2-9)8-3-5-13-6-4-8/h8-12H,1-7H2. The third-order valence-corrected chi connectivity index (χ3v) is 3.06. The predicted octanol–water partition coefficient (Wildman–Crippen LogP) is 0.526. The molecule has 2 rings (SSSR count). The average molecular weight is 185 g/mol. The van der Waals surface area contributed by atoms with Gasteiger partial charge in [0.15, 0.2) is 0 Å². The third-order valence-electron chi connectivity index (χ3n) is 3.06. The van der Waals surface area contributed by atoms with Crippen LogP contribution in [0.3, 0.4) is 0 Å². The lowest BCUT2D eigenvalue weighted by Crippen LogP contribution is -2.42. The van der Waals surface area contributed by atoms with Crippen LogP contribution < -0.4 is 5.32 Å². The summed E-state index contributed by atoms with van der Waals surface area (Å²) >= 11 is 0. The van der Waals surface area contributed by atoms with E-state index in [1.807, 2.05) is 0 Å². The van der Waals surface area contributed by atoms with E-state index in [2.05, 4.69) is 5.32 Å². The minimum atomic E-state index is 0.279. The Morgan fingerprint density at radius 3 is 2.46 bits per heavy atom. The lowest BCUT2D eigenvalue weighted by molar-refractivity contribution is 0.0434. The van der Waals surface area contributed by atoms with Crippen LogP contribution >= 0.6 is 0 Å². The number of hydrogen-bond acceptors (Lipinski definition) is 3. The van der Waals surface area contributed by atoms with Gasteiger partial charge in [-0.05, 0) is 31.6 Å². The van der Waals surface area contributed by atoms with Crippen molar-refractivity contribution in [3.8, 4) is 0 Å². The van der Waals surface area contributed by atoms with Crippen molar-refractivity contribution in [2.75, 3.05) is 19.8 Å². The van der Waals surface area contributed by atoms with Crippen molar-refractivity contribution in [3.05, 3.63) is 0 Å². The molecule has 0 aromatic heterocycles. The fourth-order valence-electron chi connectivity index (χ4n) is 2.01. The molecule has 1 unspecified atom stereocenters. The molecule has 2 fully saturated rings. The Balaban J connectivity index is 1.78. The molecule has 0 radical (unpaired) electrons. The molecule has 13 heavy (non-hydrogen) atoms. The van der Waals surface area contributed by atoms with Crippen molar-refractivity contribution in [3.63, 3.8) is 0 Å². The Hall–Kier alpha value is -0.120. The summed E-state index contributed by atoms with van der Waals surface area (Å²) in [5, 5.41) is 12.8. The van der Waals surface area contributed by atoms with Crippen molar-refractivity contribution >= 4 is 0 Å². The number of nitrogens with one attached hydrogen (secondary N) is 1. The van der Waals surface area contributed by atoms with Gasteiger partial charge in [-0.25, -0.2) is 0 Å². The van der Waals surface area contributed by atoms with E-state index in [1.165, 1.54) is 12.8 Å². The second-order valence-electron chi connectivity index (χ2n) is 4.18. The highest BCUT2D eigenvalue weighted by molar-refractivity contribution is 4.88. The van der Waals surface area contributed by atoms with E-state index in [9.17, 15) is 5.11 Å². The van der Waals surface area contributed by atoms with Crippen molar-refractivity contribution in [2.45, 2.75) is 37.8 Å². The molecular formula is C10H19NO2. The predicted molar refractivity (Wildman–Crippen MR) is 50.6 cm³/mol. The van der Waals surface area contributed by atoms with Crippen LogP contribution in [-0.4, -0.2) is 37.0 Å². The van der Waals surface area contributed by atoms with Crippen LogP contribution in [0.1, 0.15) is 25.7 Å². The Morgan fingerprint density at radius 2 is 1.92 bits per heavy atom. The van der Waals surface area contributed by atoms with Crippen LogP contribution in [-0.2, 0) is 4.74 Å². The van der Waals surface area contributed by atoms with Gasteiger partial charge in [0.25, 0.3) is 0 Å². The van der Waals surface area contributed by atoms with Gasteiger partial charge in [-0.2, -0.15) is 0 Å². The Morgan fingerprint density at radius 1 is 1.23 bits per heavy atom. The summed E-state index contributed by atoms with van der Waals surface area (Å²) in [6, 6.07) is 1.01. The van der Waals surface area contributed by atoms with E-state index in [1.54, 1.807) is 0 Å². The zero-order valence-electron chi connectivity index (χ0n) is 8.04. The van der Waals surface area contributed by atoms with Crippen molar-refractivity contribution in [1.82, 2.24) is 5.32 Å². The van der Waals surface area contributed by atoms with Crippen molar-refractivity contribution in [2.24, 2.45) is 5.92 Å². The molecule has 1 heterocycles. The van der Waals surface area contributed by atoms with Crippen molar-refractivity contribution < 1.29 is 9.84 Å². The normalized spacial score (nSPS) is 27.5. The molecule has 1 atom stereocenters. The highest BCUT2D eigenvalue weighted by Crippen LogP contribution is 2.24. The van der Waals surface area contributed by atoms with Gasteiger partial charge in [-0.15, -0.1) is 0 Å². The summed E-state index contributed by atoms with van der Waals surface area (Å²) in [5.41, 5.74) is 0. The summed E-state index contributed by atoms with van der Waals surface area (Å²) in [6.45, 7) is 2.02. The molecule has 1 aliphatic heterocycles. The van der Waals surface area contributed by atoms with Gasteiger partial charge in [0.05, 0.1) is 6.61 Å². The number of aliphatic hydroxyl groups is 1. The van der Waals surface area contributed by atoms with Gasteiger partial charge in [0.1, 0.15) is 0 Å². The molecular weight excluding hydrogens is 166 g/mol. The Bertz CT molecular complexity index is 153. The highest BCUT2D eigenvalue weighted by Gasteiger charge is 2.29. The summed E-state index contributed by atoms with van der Waals surface area (Å²) in [5.74, 6) is 0.624. The van der Waals surface area contributed by atoms with Gasteiger partial charge in [-0.3, -0.25) is 0 Å². The van der Waals surface area contributed by atoms with Crippen LogP contribution in [0.2, 0.25) is 0 Å². The maximum atomic E-state index is 9.25. The highest BCUT2D eigenvalue weighted by atomic mass is 16.5. The maximum Gasteiger partial charge on any atom is 0.0587 e. The second kappa shape index (κ2) is 4.40. The fourth-order valence-corrected chi connectivity index (χ4v) is 2.01. The molecule has 1 saturated heterocycles. The SMILES string of the molecule is OCC(NC1CC1)C1CCOCC1. The quantitative estimate of drug-likeness (QED) is 0.671. The zero-order valence-corrected chi connectivity index (χ0v) is 8.04. The Kier molecular flexibility index (Phi) is 3.19. The average Bonchev–Trinajstić information content (AvgIpc) is 2.99. The second-order valence-corrected chi connectivity index (χ2v) is 4.18. The first-order valence-corrected chi connectivity index (χ1v) is 5.35. The lowest BCUT2D eigenvalue weighted by Gasteiger charge is -2.29. The van der Waals surface area contributed by atoms with Crippen LogP contribution in [0.5, 0.6) is 0 Å². The van der Waals surface area contributed by atoms with Crippen LogP contribution in [0, 0.1) is 5.92 Å². The van der Waals surface area contributed by atoms with Crippen molar-refractivity contribution in [1.29, 1.82) is 0 Å². The first-order chi connectivity index (χ1) is 6.40. The van der Waals surface area contributed by atoms with Gasteiger partial charge < -0.3 is 15.2 Å². The van der Waals surface area contributed by atoms with E-state index in [0.29, 0.717) is 18.0 Å². The van der Waals surface area contributed by atoms with E-state index >= 15 is 0 Å². The molecule has 0 aromatic carbocycles. The maximum absolute atomic E-state index is 9.25. The molecule has 0 spiro atoms. The van der Waals surface area contributed by atoms with Gasteiger partial charge in [0, 0.05) is 25.3 Å². The molecule has 76 valence electrons. The summed E-state index contributed by atoms with van der Waals surface area (Å²) in [4.78, 5) is 0. The van der Waals surface area contributed by atoms with Crippen LogP contribution in [0.15, 0.2) is 0 Å². The van der Waals surface area contributed by atoms with E-state index in [-0.39, 0.29) is 6.61 Å². The molecule has 1 saturated carbocycles. The molecule has 2 aliphatic rings. The summed E-state index contributed by atoms with van der Waals surface area (Å²) in [7, 11) is 0. The number of hydrogen-bond donors (Lipinski definition) is 2. The first-order valence-electron chi connectivity index (χ1n) is 5.35. The fraction of sp³-hybridized carbons (Fsp3) is 1.00. The lowest BCUT2D eigenvalue weighted by atomic mass is 9.92. The smallest absolute Gasteiger partial charge is 0.0587 e. The molecule has 3 nitrogen and oxygen atoms in total. The number of rotatable bonds is 4. The molecule has 2 N–H and O–H groups in total. The summed E-state index contributed by atoms with van der Waals surface area (Å²) in [6.07, 6.45) is 4.79. The van der Waals surface area contributed by atoms with Gasteiger partial charge >= 0.3 is 0 Å². The van der Waals surface area contributed by atoms with E-state index in [0.717, 1.165) is 26.1 Å². The van der Waals surface area contributed by atoms with E-state index in [4.69, 9.17) is 4.74 Å². The minimum absolute atomic E-state index is 0.279. The van der Waals surface area contributed by atoms with Crippen LogP contribution in [0.25, 0.3) is 0 Å². The monoisotopic (exact) mass is 185 g/mol. The zero-order chi connectivity index (χ0) is 9.10. The minimum Gasteiger partial charge on any atom is -0.395 e. The summed E-state index contributed by atoms with van der Waals surface area (Å²) < 4.78 is 5.31. The largest absolute Gasteiger partial charge is 0.395 e. The Labute approximate surface area is 79.5 Å². The topological polar surface area (TPSA) is 41.5 Å². The molecule has 0 aromatic rings. The number of aliphatic hydroxyl groups excluding tert-OH is 1. The van der Waals surface area contributed by atoms with Crippen LogP contribution in [0.4, 0.5) is 0 Å². The third kappa shape index (κ3) is 2.66. The van der Waals surface area contributed by atoms with Gasteiger partial charge in [0.2, 0.25) is 0 Å². The number of ether oxygens (including phenoxy) is 1.